The number of nitrogens with zero attached hydrogens (tertiary/aromatic N) is 2. The number of carbonyl (C=O) groups is 2. The predicted molar refractivity (Wildman–Crippen MR) is 144 cm³/mol. The van der Waals surface area contributed by atoms with Crippen LogP contribution in [0.25, 0.3) is 0 Å². The molecule has 8 nitrogen and oxygen atoms in total. The molecule has 198 valence electrons. The molecule has 2 atom stereocenters. The molecule has 0 saturated heterocycles. The number of hydrogen-bond donors (Lipinski definition) is 1. The largest absolute Gasteiger partial charge is 0.494 e. The molecule has 0 aliphatic carbocycles. The lowest BCUT2D eigenvalue weighted by molar-refractivity contribution is -0.140. The van der Waals surface area contributed by atoms with Crippen molar-refractivity contribution in [3.63, 3.8) is 0 Å². The molecule has 2 amide bonds. The highest BCUT2D eigenvalue weighted by Crippen LogP contribution is 2.23. The Bertz CT molecular complexity index is 1120. The molecule has 2 rings (SSSR count). The Morgan fingerprint density at radius 2 is 1.64 bits per heavy atom. The first-order valence-electron chi connectivity index (χ1n) is 12.4. The summed E-state index contributed by atoms with van der Waals surface area (Å²) in [5.41, 5.74) is 2.23. The van der Waals surface area contributed by atoms with Crippen molar-refractivity contribution in [1.29, 1.82) is 0 Å². The zero-order valence-corrected chi connectivity index (χ0v) is 23.0. The summed E-state index contributed by atoms with van der Waals surface area (Å²) in [5, 5.41) is 2.97. The number of benzene rings is 2. The van der Waals surface area contributed by atoms with Crippen LogP contribution in [-0.2, 0) is 26.2 Å². The molecule has 2 aromatic carbocycles. The second-order valence-electron chi connectivity index (χ2n) is 8.89. The Morgan fingerprint density at radius 3 is 2.17 bits per heavy atom. The third kappa shape index (κ3) is 7.98. The standard InChI is InChI=1S/C27H39N3O5S/c1-7-21(5)28-27(32)25(8-2)29(18-22-13-11-10-12-20(22)4)26(31)19-30(36(6,33)34)23-14-16-24(17-15-23)35-9-3/h10-17,21,25H,7-9,18-19H2,1-6H3,(H,28,32)/t21-,25+/m1/s1. The second kappa shape index (κ2) is 13.3. The first kappa shape index (κ1) is 29.2. The highest BCUT2D eigenvalue weighted by molar-refractivity contribution is 7.92. The van der Waals surface area contributed by atoms with Crippen molar-refractivity contribution in [3.05, 3.63) is 59.7 Å². The predicted octanol–water partition coefficient (Wildman–Crippen LogP) is 3.88. The molecule has 0 bridgehead atoms. The van der Waals surface area contributed by atoms with E-state index in [0.717, 1.165) is 28.1 Å². The van der Waals surface area contributed by atoms with E-state index in [0.29, 0.717) is 24.5 Å². The molecule has 0 spiro atoms. The zero-order chi connectivity index (χ0) is 26.9. The van der Waals surface area contributed by atoms with Crippen molar-refractivity contribution in [2.24, 2.45) is 0 Å². The summed E-state index contributed by atoms with van der Waals surface area (Å²) in [6, 6.07) is 13.4. The average molecular weight is 518 g/mol. The van der Waals surface area contributed by atoms with E-state index >= 15 is 0 Å². The lowest BCUT2D eigenvalue weighted by atomic mass is 10.1. The van der Waals surface area contributed by atoms with Gasteiger partial charge in [-0.3, -0.25) is 13.9 Å². The van der Waals surface area contributed by atoms with E-state index < -0.39 is 28.5 Å². The molecule has 0 heterocycles. The molecule has 1 N–H and O–H groups in total. The highest BCUT2D eigenvalue weighted by atomic mass is 32.2. The molecule has 0 aliphatic heterocycles. The van der Waals surface area contributed by atoms with Gasteiger partial charge in [0.15, 0.2) is 0 Å². The molecule has 0 saturated carbocycles. The number of nitrogens with one attached hydrogen (secondary N) is 1. The summed E-state index contributed by atoms with van der Waals surface area (Å²) in [6.07, 6.45) is 2.21. The maximum atomic E-state index is 13.7. The van der Waals surface area contributed by atoms with E-state index in [1.165, 1.54) is 4.90 Å². The number of carbonyl (C=O) groups excluding carboxylic acids is 2. The fourth-order valence-corrected chi connectivity index (χ4v) is 4.67. The number of sulfonamides is 1. The van der Waals surface area contributed by atoms with Crippen LogP contribution in [0.4, 0.5) is 5.69 Å². The van der Waals surface area contributed by atoms with Crippen molar-refractivity contribution in [2.75, 3.05) is 23.7 Å². The minimum Gasteiger partial charge on any atom is -0.494 e. The fraction of sp³-hybridized carbons (Fsp3) is 0.481. The third-order valence-corrected chi connectivity index (χ3v) is 7.24. The molecule has 9 heteroatoms. The SMILES string of the molecule is CCOc1ccc(N(CC(=O)N(Cc2ccccc2C)[C@@H](CC)C(=O)N[C@H](C)CC)S(C)(=O)=O)cc1. The van der Waals surface area contributed by atoms with Gasteiger partial charge in [-0.25, -0.2) is 8.42 Å². The molecule has 0 aliphatic rings. The number of hydrogen-bond acceptors (Lipinski definition) is 5. The van der Waals surface area contributed by atoms with Crippen LogP contribution in [0.5, 0.6) is 5.75 Å². The Balaban J connectivity index is 2.43. The van der Waals surface area contributed by atoms with Crippen LogP contribution in [0.1, 0.15) is 51.7 Å². The van der Waals surface area contributed by atoms with Crippen LogP contribution in [0, 0.1) is 6.92 Å². The Kier molecular flexibility index (Phi) is 10.8. The van der Waals surface area contributed by atoms with E-state index in [2.05, 4.69) is 5.32 Å². The molecule has 2 aromatic rings. The molecule has 0 radical (unpaired) electrons. The van der Waals surface area contributed by atoms with E-state index in [4.69, 9.17) is 4.74 Å². The summed E-state index contributed by atoms with van der Waals surface area (Å²) >= 11 is 0. The topological polar surface area (TPSA) is 96.0 Å². The maximum absolute atomic E-state index is 13.7. The monoisotopic (exact) mass is 517 g/mol. The maximum Gasteiger partial charge on any atom is 0.244 e. The van der Waals surface area contributed by atoms with E-state index in [-0.39, 0.29) is 18.5 Å². The van der Waals surface area contributed by atoms with E-state index in [1.54, 1.807) is 24.3 Å². The minimum atomic E-state index is -3.78. The number of aryl methyl sites for hydroxylation is 1. The summed E-state index contributed by atoms with van der Waals surface area (Å²) < 4.78 is 31.9. The zero-order valence-electron chi connectivity index (χ0n) is 22.2. The molecule has 0 unspecified atom stereocenters. The average Bonchev–Trinajstić information content (AvgIpc) is 2.83. The number of amides is 2. The Morgan fingerprint density at radius 1 is 1.00 bits per heavy atom. The lowest BCUT2D eigenvalue weighted by Gasteiger charge is -2.33. The van der Waals surface area contributed by atoms with Gasteiger partial charge in [0, 0.05) is 12.6 Å². The quantitative estimate of drug-likeness (QED) is 0.435. The second-order valence-corrected chi connectivity index (χ2v) is 10.8. The number of rotatable bonds is 13. The summed E-state index contributed by atoms with van der Waals surface area (Å²) in [6.45, 7) is 9.79. The minimum absolute atomic E-state index is 0.0432. The van der Waals surface area contributed by atoms with Gasteiger partial charge in [0.1, 0.15) is 18.3 Å². The van der Waals surface area contributed by atoms with Crippen LogP contribution in [0.15, 0.2) is 48.5 Å². The van der Waals surface area contributed by atoms with Gasteiger partial charge in [-0.2, -0.15) is 0 Å². The van der Waals surface area contributed by atoms with E-state index in [9.17, 15) is 18.0 Å². The van der Waals surface area contributed by atoms with Crippen LogP contribution < -0.4 is 14.4 Å². The number of ether oxygens (including phenoxy) is 1. The van der Waals surface area contributed by atoms with Crippen molar-refractivity contribution in [3.8, 4) is 5.75 Å². The van der Waals surface area contributed by atoms with Gasteiger partial charge in [0.2, 0.25) is 21.8 Å². The van der Waals surface area contributed by atoms with Gasteiger partial charge < -0.3 is 15.0 Å². The van der Waals surface area contributed by atoms with Crippen LogP contribution in [0.2, 0.25) is 0 Å². The van der Waals surface area contributed by atoms with Gasteiger partial charge in [0.05, 0.1) is 18.6 Å². The van der Waals surface area contributed by atoms with E-state index in [1.807, 2.05) is 58.9 Å². The molecule has 36 heavy (non-hydrogen) atoms. The first-order chi connectivity index (χ1) is 17.0. The van der Waals surface area contributed by atoms with Gasteiger partial charge in [0.25, 0.3) is 0 Å². The van der Waals surface area contributed by atoms with Crippen molar-refractivity contribution in [2.45, 2.75) is 66.1 Å². The third-order valence-electron chi connectivity index (χ3n) is 6.10. The Hall–Kier alpha value is -3.07. The first-order valence-corrected chi connectivity index (χ1v) is 14.2. The van der Waals surface area contributed by atoms with Crippen LogP contribution in [-0.4, -0.2) is 56.6 Å². The van der Waals surface area contributed by atoms with Crippen molar-refractivity contribution < 1.29 is 22.7 Å². The Labute approximate surface area is 215 Å². The van der Waals surface area contributed by atoms with Crippen molar-refractivity contribution >= 4 is 27.5 Å². The molecule has 0 aromatic heterocycles. The highest BCUT2D eigenvalue weighted by Gasteiger charge is 2.32. The molecular weight excluding hydrogens is 478 g/mol. The van der Waals surface area contributed by atoms with Gasteiger partial charge >= 0.3 is 0 Å². The van der Waals surface area contributed by atoms with Crippen LogP contribution >= 0.6 is 0 Å². The summed E-state index contributed by atoms with van der Waals surface area (Å²) in [4.78, 5) is 28.4. The smallest absolute Gasteiger partial charge is 0.244 e. The normalized spacial score (nSPS) is 12.9. The molecular formula is C27H39N3O5S. The van der Waals surface area contributed by atoms with Crippen LogP contribution in [0.3, 0.4) is 0 Å². The lowest BCUT2D eigenvalue weighted by Crippen LogP contribution is -2.53. The fourth-order valence-electron chi connectivity index (χ4n) is 3.82. The number of anilines is 1. The molecule has 0 fully saturated rings. The van der Waals surface area contributed by atoms with Gasteiger partial charge in [-0.1, -0.05) is 38.1 Å². The summed E-state index contributed by atoms with van der Waals surface area (Å²) in [7, 11) is -3.78. The summed E-state index contributed by atoms with van der Waals surface area (Å²) in [5.74, 6) is -0.0977. The van der Waals surface area contributed by atoms with Gasteiger partial charge in [-0.15, -0.1) is 0 Å². The van der Waals surface area contributed by atoms with Gasteiger partial charge in [-0.05, 0) is 69.0 Å². The van der Waals surface area contributed by atoms with Crippen molar-refractivity contribution in [1.82, 2.24) is 10.2 Å².